The molecule has 23 heavy (non-hydrogen) atoms. The molecule has 2 aliphatic rings. The van der Waals surface area contributed by atoms with Gasteiger partial charge in [0.25, 0.3) is 5.91 Å². The molecule has 3 rings (SSSR count). The summed E-state index contributed by atoms with van der Waals surface area (Å²) >= 11 is 0. The lowest BCUT2D eigenvalue weighted by atomic mass is 9.94. The first-order chi connectivity index (χ1) is 11.1. The van der Waals surface area contributed by atoms with Crippen LogP contribution in [0.3, 0.4) is 0 Å². The zero-order valence-corrected chi connectivity index (χ0v) is 13.9. The summed E-state index contributed by atoms with van der Waals surface area (Å²) in [6.45, 7) is 4.73. The van der Waals surface area contributed by atoms with Crippen LogP contribution < -0.4 is 10.7 Å². The third-order valence-corrected chi connectivity index (χ3v) is 5.18. The summed E-state index contributed by atoms with van der Waals surface area (Å²) in [6.07, 6.45) is 7.94. The van der Waals surface area contributed by atoms with Gasteiger partial charge in [0.05, 0.1) is 0 Å². The average molecular weight is 317 g/mol. The summed E-state index contributed by atoms with van der Waals surface area (Å²) in [5.41, 5.74) is 0.944. The highest BCUT2D eigenvalue weighted by atomic mass is 16.2. The molecule has 2 fully saturated rings. The van der Waals surface area contributed by atoms with Crippen molar-refractivity contribution in [1.82, 2.24) is 15.2 Å². The monoisotopic (exact) mass is 317 g/mol. The molecule has 1 atom stereocenters. The lowest BCUT2D eigenvalue weighted by Gasteiger charge is -2.31. The van der Waals surface area contributed by atoms with Crippen molar-refractivity contribution >= 4 is 5.91 Å². The molecular formula is C18H27N3O2. The lowest BCUT2D eigenvalue weighted by Crippen LogP contribution is -2.36. The maximum atomic E-state index is 12.2. The summed E-state index contributed by atoms with van der Waals surface area (Å²) in [7, 11) is 0. The second-order valence-electron chi connectivity index (χ2n) is 7.06. The van der Waals surface area contributed by atoms with E-state index in [1.54, 1.807) is 6.92 Å². The van der Waals surface area contributed by atoms with Crippen molar-refractivity contribution < 1.29 is 4.79 Å². The Morgan fingerprint density at radius 3 is 2.78 bits per heavy atom. The smallest absolute Gasteiger partial charge is 0.267 e. The third kappa shape index (κ3) is 4.22. The Hall–Kier alpha value is -1.62. The number of pyridine rings is 1. The molecule has 1 aliphatic heterocycles. The van der Waals surface area contributed by atoms with Crippen LogP contribution in [0.5, 0.6) is 0 Å². The molecule has 1 saturated carbocycles. The minimum absolute atomic E-state index is 0.129. The molecule has 0 bridgehead atoms. The number of hydrogen-bond donors (Lipinski definition) is 2. The Morgan fingerprint density at radius 2 is 2.04 bits per heavy atom. The van der Waals surface area contributed by atoms with Crippen molar-refractivity contribution in [3.63, 3.8) is 0 Å². The normalized spacial score (nSPS) is 23.1. The Labute approximate surface area is 137 Å². The van der Waals surface area contributed by atoms with Crippen LogP contribution in [0.15, 0.2) is 16.9 Å². The Kier molecular flexibility index (Phi) is 5.16. The van der Waals surface area contributed by atoms with Crippen LogP contribution in [0.4, 0.5) is 0 Å². The molecular weight excluding hydrogens is 290 g/mol. The van der Waals surface area contributed by atoms with Crippen molar-refractivity contribution in [2.24, 2.45) is 5.92 Å². The van der Waals surface area contributed by atoms with E-state index >= 15 is 0 Å². The fourth-order valence-corrected chi connectivity index (χ4v) is 3.94. The standard InChI is InChI=1S/C18H27N3O2/c1-13-9-16(22)10-17(20-13)18(23)19-11-14-7-8-21(12-14)15-5-3-2-4-6-15/h9-10,14-15H,2-8,11-12H2,1H3,(H,19,23)(H,20,22)/t14-/m0/s1. The van der Waals surface area contributed by atoms with Gasteiger partial charge >= 0.3 is 0 Å². The maximum absolute atomic E-state index is 12.2. The van der Waals surface area contributed by atoms with E-state index in [1.165, 1.54) is 44.2 Å². The van der Waals surface area contributed by atoms with Crippen LogP contribution in [0.1, 0.15) is 54.7 Å². The molecule has 1 amide bonds. The summed E-state index contributed by atoms with van der Waals surface area (Å²) in [4.78, 5) is 29.3. The predicted octanol–water partition coefficient (Wildman–Crippen LogP) is 2.07. The van der Waals surface area contributed by atoms with E-state index in [2.05, 4.69) is 15.2 Å². The van der Waals surface area contributed by atoms with Gasteiger partial charge in [0.15, 0.2) is 5.43 Å². The van der Waals surface area contributed by atoms with Gasteiger partial charge in [-0.05, 0) is 38.6 Å². The van der Waals surface area contributed by atoms with E-state index in [4.69, 9.17) is 0 Å². The quantitative estimate of drug-likeness (QED) is 0.893. The van der Waals surface area contributed by atoms with E-state index < -0.39 is 0 Å². The third-order valence-electron chi connectivity index (χ3n) is 5.18. The number of aromatic nitrogens is 1. The zero-order valence-electron chi connectivity index (χ0n) is 13.9. The van der Waals surface area contributed by atoms with Crippen molar-refractivity contribution in [3.8, 4) is 0 Å². The number of nitrogens with zero attached hydrogens (tertiary/aromatic N) is 1. The number of carbonyl (C=O) groups excluding carboxylic acids is 1. The van der Waals surface area contributed by atoms with E-state index in [1.807, 2.05) is 0 Å². The van der Waals surface area contributed by atoms with E-state index in [9.17, 15) is 9.59 Å². The van der Waals surface area contributed by atoms with E-state index in [-0.39, 0.29) is 11.3 Å². The van der Waals surface area contributed by atoms with E-state index in [0.717, 1.165) is 25.6 Å². The average Bonchev–Trinajstić information content (AvgIpc) is 3.01. The first-order valence-corrected chi connectivity index (χ1v) is 8.85. The molecule has 5 nitrogen and oxygen atoms in total. The SMILES string of the molecule is Cc1cc(=O)cc(C(=O)NC[C@@H]2CCN(C3CCCCC3)C2)[nH]1. The number of carbonyl (C=O) groups is 1. The van der Waals surface area contributed by atoms with Crippen molar-refractivity contribution in [2.45, 2.75) is 51.5 Å². The van der Waals surface area contributed by atoms with Crippen LogP contribution in [0.2, 0.25) is 0 Å². The number of likely N-dealkylation sites (tertiary alicyclic amines) is 1. The highest BCUT2D eigenvalue weighted by Crippen LogP contribution is 2.27. The number of nitrogens with one attached hydrogen (secondary N) is 2. The minimum Gasteiger partial charge on any atom is -0.354 e. The van der Waals surface area contributed by atoms with Gasteiger partial charge < -0.3 is 15.2 Å². The molecule has 1 aliphatic carbocycles. The van der Waals surface area contributed by atoms with Crippen LogP contribution in [0.25, 0.3) is 0 Å². The summed E-state index contributed by atoms with van der Waals surface area (Å²) < 4.78 is 0. The molecule has 0 unspecified atom stereocenters. The number of aryl methyl sites for hydroxylation is 1. The fraction of sp³-hybridized carbons (Fsp3) is 0.667. The highest BCUT2D eigenvalue weighted by molar-refractivity contribution is 5.92. The van der Waals surface area contributed by atoms with Gasteiger partial charge in [-0.1, -0.05) is 19.3 Å². The second kappa shape index (κ2) is 7.30. The maximum Gasteiger partial charge on any atom is 0.267 e. The van der Waals surface area contributed by atoms with Crippen molar-refractivity contribution in [1.29, 1.82) is 0 Å². The summed E-state index contributed by atoms with van der Waals surface area (Å²) in [6, 6.07) is 3.62. The van der Waals surface area contributed by atoms with Gasteiger partial charge in [-0.2, -0.15) is 0 Å². The summed E-state index contributed by atoms with van der Waals surface area (Å²) in [5, 5.41) is 2.98. The van der Waals surface area contributed by atoms with Gasteiger partial charge in [0.1, 0.15) is 5.69 Å². The molecule has 0 spiro atoms. The molecule has 1 aromatic heterocycles. The minimum atomic E-state index is -0.179. The van der Waals surface area contributed by atoms with E-state index in [0.29, 0.717) is 23.9 Å². The molecule has 2 N–H and O–H groups in total. The molecule has 0 radical (unpaired) electrons. The van der Waals surface area contributed by atoms with Gasteiger partial charge in [-0.15, -0.1) is 0 Å². The number of rotatable bonds is 4. The van der Waals surface area contributed by atoms with Crippen molar-refractivity contribution in [2.75, 3.05) is 19.6 Å². The second-order valence-corrected chi connectivity index (χ2v) is 7.06. The zero-order chi connectivity index (χ0) is 16.2. The highest BCUT2D eigenvalue weighted by Gasteiger charge is 2.29. The molecule has 1 saturated heterocycles. The number of H-pyrrole nitrogens is 1. The number of aromatic amines is 1. The van der Waals surface area contributed by atoms with Gasteiger partial charge in [0, 0.05) is 37.0 Å². The Bertz CT molecular complexity index is 605. The van der Waals surface area contributed by atoms with Crippen LogP contribution in [-0.4, -0.2) is 41.5 Å². The van der Waals surface area contributed by atoms with Gasteiger partial charge in [-0.25, -0.2) is 0 Å². The van der Waals surface area contributed by atoms with Crippen LogP contribution >= 0.6 is 0 Å². The Morgan fingerprint density at radius 1 is 1.26 bits per heavy atom. The predicted molar refractivity (Wildman–Crippen MR) is 90.7 cm³/mol. The van der Waals surface area contributed by atoms with Gasteiger partial charge in [-0.3, -0.25) is 9.59 Å². The molecule has 5 heteroatoms. The van der Waals surface area contributed by atoms with Gasteiger partial charge in [0.2, 0.25) is 0 Å². The number of amides is 1. The first-order valence-electron chi connectivity index (χ1n) is 8.85. The molecule has 2 heterocycles. The Balaban J connectivity index is 1.49. The van der Waals surface area contributed by atoms with Crippen LogP contribution in [0, 0.1) is 12.8 Å². The largest absolute Gasteiger partial charge is 0.354 e. The lowest BCUT2D eigenvalue weighted by molar-refractivity contribution is 0.0941. The molecule has 1 aromatic rings. The van der Waals surface area contributed by atoms with Crippen LogP contribution in [-0.2, 0) is 0 Å². The fourth-order valence-electron chi connectivity index (χ4n) is 3.94. The summed E-state index contributed by atoms with van der Waals surface area (Å²) in [5.74, 6) is 0.347. The van der Waals surface area contributed by atoms with Crippen molar-refractivity contribution in [3.05, 3.63) is 33.7 Å². The molecule has 0 aromatic carbocycles. The first kappa shape index (κ1) is 16.2. The number of hydrogen-bond acceptors (Lipinski definition) is 3. The topological polar surface area (TPSA) is 65.2 Å². The molecule has 126 valence electrons.